The van der Waals surface area contributed by atoms with Crippen molar-refractivity contribution in [2.24, 2.45) is 0 Å². The predicted molar refractivity (Wildman–Crippen MR) is 79.3 cm³/mol. The third-order valence-corrected chi connectivity index (χ3v) is 3.65. The van der Waals surface area contributed by atoms with Gasteiger partial charge in [0.2, 0.25) is 5.91 Å². The van der Waals surface area contributed by atoms with Gasteiger partial charge in [-0.25, -0.2) is 0 Å². The molecule has 4 nitrogen and oxygen atoms in total. The van der Waals surface area contributed by atoms with Crippen molar-refractivity contribution >= 4 is 5.91 Å². The monoisotopic (exact) mass is 276 g/mol. The van der Waals surface area contributed by atoms with E-state index in [-0.39, 0.29) is 5.91 Å². The molecule has 1 fully saturated rings. The van der Waals surface area contributed by atoms with Gasteiger partial charge in [0.1, 0.15) is 0 Å². The van der Waals surface area contributed by atoms with Crippen LogP contribution < -0.4 is 5.32 Å². The van der Waals surface area contributed by atoms with Crippen molar-refractivity contribution in [3.63, 3.8) is 0 Å². The molecule has 0 unspecified atom stereocenters. The highest BCUT2D eigenvalue weighted by Crippen LogP contribution is 2.08. The summed E-state index contributed by atoms with van der Waals surface area (Å²) in [6.45, 7) is 3.65. The maximum atomic E-state index is 12.0. The number of nitrogens with one attached hydrogen (secondary N) is 1. The number of hydrogen-bond acceptors (Lipinski definition) is 3. The number of methoxy groups -OCH3 is 1. The normalized spacial score (nSPS) is 15.3. The third kappa shape index (κ3) is 4.62. The quantitative estimate of drug-likeness (QED) is 0.863. The first kappa shape index (κ1) is 15.0. The van der Waals surface area contributed by atoms with Gasteiger partial charge < -0.3 is 15.0 Å². The van der Waals surface area contributed by atoms with Crippen LogP contribution in [0.4, 0.5) is 0 Å². The number of amides is 1. The minimum absolute atomic E-state index is 0.223. The number of likely N-dealkylation sites (tertiary alicyclic amines) is 1. The zero-order valence-corrected chi connectivity index (χ0v) is 12.2. The molecule has 0 aliphatic carbocycles. The molecule has 0 atom stereocenters. The molecule has 1 aliphatic rings. The highest BCUT2D eigenvalue weighted by molar-refractivity contribution is 5.78. The molecule has 4 heteroatoms. The van der Waals surface area contributed by atoms with Gasteiger partial charge >= 0.3 is 0 Å². The number of rotatable bonds is 6. The highest BCUT2D eigenvalue weighted by atomic mass is 16.5. The molecule has 20 heavy (non-hydrogen) atoms. The Bertz CT molecular complexity index is 411. The fourth-order valence-corrected chi connectivity index (χ4v) is 2.49. The van der Waals surface area contributed by atoms with Gasteiger partial charge in [-0.2, -0.15) is 0 Å². The van der Waals surface area contributed by atoms with Crippen molar-refractivity contribution < 1.29 is 9.53 Å². The van der Waals surface area contributed by atoms with Crippen LogP contribution in [-0.2, 0) is 22.7 Å². The van der Waals surface area contributed by atoms with Gasteiger partial charge in [0, 0.05) is 26.7 Å². The van der Waals surface area contributed by atoms with Gasteiger partial charge in [-0.15, -0.1) is 0 Å². The second-order valence-electron chi connectivity index (χ2n) is 5.29. The van der Waals surface area contributed by atoms with E-state index < -0.39 is 0 Å². The van der Waals surface area contributed by atoms with Gasteiger partial charge in [-0.1, -0.05) is 24.3 Å². The zero-order valence-electron chi connectivity index (χ0n) is 12.2. The SMILES string of the molecule is COCc1ccc(CNCC(=O)N2CCCCC2)cc1. The first-order valence-electron chi connectivity index (χ1n) is 7.35. The maximum absolute atomic E-state index is 12.0. The van der Waals surface area contributed by atoms with E-state index in [1.165, 1.54) is 17.5 Å². The molecule has 1 aromatic carbocycles. The van der Waals surface area contributed by atoms with E-state index in [1.54, 1.807) is 7.11 Å². The van der Waals surface area contributed by atoms with Crippen LogP contribution in [0, 0.1) is 0 Å². The second kappa shape index (κ2) is 8.02. The summed E-state index contributed by atoms with van der Waals surface area (Å²) >= 11 is 0. The molecule has 0 spiro atoms. The van der Waals surface area contributed by atoms with Gasteiger partial charge in [0.05, 0.1) is 13.2 Å². The molecule has 2 rings (SSSR count). The molecule has 1 aliphatic heterocycles. The largest absolute Gasteiger partial charge is 0.380 e. The number of ether oxygens (including phenoxy) is 1. The van der Waals surface area contributed by atoms with Crippen molar-refractivity contribution in [1.82, 2.24) is 10.2 Å². The van der Waals surface area contributed by atoms with Crippen LogP contribution in [-0.4, -0.2) is 37.6 Å². The average molecular weight is 276 g/mol. The number of nitrogens with zero attached hydrogens (tertiary/aromatic N) is 1. The van der Waals surface area contributed by atoms with Gasteiger partial charge in [0.25, 0.3) is 0 Å². The Morgan fingerprint density at radius 1 is 1.15 bits per heavy atom. The Hall–Kier alpha value is -1.39. The van der Waals surface area contributed by atoms with Crippen LogP contribution in [0.1, 0.15) is 30.4 Å². The molecule has 1 amide bonds. The summed E-state index contributed by atoms with van der Waals surface area (Å²) in [5, 5.41) is 3.23. The van der Waals surface area contributed by atoms with Crippen molar-refractivity contribution in [2.45, 2.75) is 32.4 Å². The van der Waals surface area contributed by atoms with Crippen LogP contribution >= 0.6 is 0 Å². The van der Waals surface area contributed by atoms with Gasteiger partial charge in [0.15, 0.2) is 0 Å². The van der Waals surface area contributed by atoms with E-state index in [1.807, 2.05) is 4.90 Å². The molecule has 0 bridgehead atoms. The van der Waals surface area contributed by atoms with Crippen molar-refractivity contribution in [1.29, 1.82) is 0 Å². The summed E-state index contributed by atoms with van der Waals surface area (Å²) in [6, 6.07) is 8.28. The van der Waals surface area contributed by atoms with E-state index in [0.717, 1.165) is 32.5 Å². The van der Waals surface area contributed by atoms with E-state index in [4.69, 9.17) is 4.74 Å². The van der Waals surface area contributed by atoms with Crippen LogP contribution in [0.2, 0.25) is 0 Å². The Morgan fingerprint density at radius 2 is 1.80 bits per heavy atom. The number of hydrogen-bond donors (Lipinski definition) is 1. The standard InChI is InChI=1S/C16H24N2O2/c1-20-13-15-7-5-14(6-8-15)11-17-12-16(19)18-9-3-2-4-10-18/h5-8,17H,2-4,9-13H2,1H3. The molecular formula is C16H24N2O2. The molecule has 1 N–H and O–H groups in total. The predicted octanol–water partition coefficient (Wildman–Crippen LogP) is 1.94. The van der Waals surface area contributed by atoms with Crippen molar-refractivity contribution in [3.05, 3.63) is 35.4 Å². The summed E-state index contributed by atoms with van der Waals surface area (Å²) in [7, 11) is 1.70. The lowest BCUT2D eigenvalue weighted by atomic mass is 10.1. The fourth-order valence-electron chi connectivity index (χ4n) is 2.49. The van der Waals surface area contributed by atoms with Crippen LogP contribution in [0.15, 0.2) is 24.3 Å². The molecule has 1 saturated heterocycles. The summed E-state index contributed by atoms with van der Waals surface area (Å²) < 4.78 is 5.08. The van der Waals surface area contributed by atoms with E-state index in [0.29, 0.717) is 13.2 Å². The fraction of sp³-hybridized carbons (Fsp3) is 0.562. The van der Waals surface area contributed by atoms with Crippen molar-refractivity contribution in [3.8, 4) is 0 Å². The van der Waals surface area contributed by atoms with E-state index in [2.05, 4.69) is 29.6 Å². The molecule has 110 valence electrons. The third-order valence-electron chi connectivity index (χ3n) is 3.65. The summed E-state index contributed by atoms with van der Waals surface area (Å²) in [6.07, 6.45) is 3.55. The maximum Gasteiger partial charge on any atom is 0.236 e. The van der Waals surface area contributed by atoms with Crippen LogP contribution in [0.3, 0.4) is 0 Å². The second-order valence-corrected chi connectivity index (χ2v) is 5.29. The summed E-state index contributed by atoms with van der Waals surface area (Å²) in [5.41, 5.74) is 2.36. The molecular weight excluding hydrogens is 252 g/mol. The Morgan fingerprint density at radius 3 is 2.45 bits per heavy atom. The van der Waals surface area contributed by atoms with E-state index >= 15 is 0 Å². The lowest BCUT2D eigenvalue weighted by molar-refractivity contribution is -0.131. The smallest absolute Gasteiger partial charge is 0.236 e. The van der Waals surface area contributed by atoms with E-state index in [9.17, 15) is 4.79 Å². The first-order valence-corrected chi connectivity index (χ1v) is 7.35. The number of piperidine rings is 1. The first-order chi connectivity index (χ1) is 9.79. The molecule has 0 radical (unpaired) electrons. The van der Waals surface area contributed by atoms with Gasteiger partial charge in [-0.05, 0) is 30.4 Å². The number of carbonyl (C=O) groups excluding carboxylic acids is 1. The Kier molecular flexibility index (Phi) is 6.02. The number of carbonyl (C=O) groups is 1. The lowest BCUT2D eigenvalue weighted by Gasteiger charge is -2.26. The topological polar surface area (TPSA) is 41.6 Å². The van der Waals surface area contributed by atoms with Gasteiger partial charge in [-0.3, -0.25) is 4.79 Å². The molecule has 1 aromatic rings. The Labute approximate surface area is 121 Å². The average Bonchev–Trinajstić information content (AvgIpc) is 2.50. The molecule has 0 saturated carbocycles. The summed E-state index contributed by atoms with van der Waals surface area (Å²) in [4.78, 5) is 13.9. The zero-order chi connectivity index (χ0) is 14.2. The van der Waals surface area contributed by atoms with Crippen LogP contribution in [0.5, 0.6) is 0 Å². The molecule has 0 aromatic heterocycles. The number of benzene rings is 1. The van der Waals surface area contributed by atoms with Crippen molar-refractivity contribution in [2.75, 3.05) is 26.7 Å². The highest BCUT2D eigenvalue weighted by Gasteiger charge is 2.15. The minimum atomic E-state index is 0.223. The summed E-state index contributed by atoms with van der Waals surface area (Å²) in [5.74, 6) is 0.223. The molecule has 1 heterocycles. The lowest BCUT2D eigenvalue weighted by Crippen LogP contribution is -2.40. The van der Waals surface area contributed by atoms with Crippen LogP contribution in [0.25, 0.3) is 0 Å². The Balaban J connectivity index is 1.70. The minimum Gasteiger partial charge on any atom is -0.380 e.